The quantitative estimate of drug-likeness (QED) is 0.362. The van der Waals surface area contributed by atoms with E-state index in [4.69, 9.17) is 18.9 Å². The van der Waals surface area contributed by atoms with Crippen LogP contribution in [0.25, 0.3) is 10.9 Å². The van der Waals surface area contributed by atoms with Crippen LogP contribution >= 0.6 is 0 Å². The van der Waals surface area contributed by atoms with Crippen LogP contribution in [0.15, 0.2) is 24.3 Å². The molecule has 2 heterocycles. The van der Waals surface area contributed by atoms with Gasteiger partial charge in [-0.2, -0.15) is 0 Å². The number of hydrogen-bond donors (Lipinski definition) is 1. The number of aromatic nitrogens is 1. The molecule has 1 saturated heterocycles. The Kier molecular flexibility index (Phi) is 10.0. The summed E-state index contributed by atoms with van der Waals surface area (Å²) in [6.07, 6.45) is -0.642. The van der Waals surface area contributed by atoms with Crippen LogP contribution in [0.2, 0.25) is 0 Å². The van der Waals surface area contributed by atoms with Crippen LogP contribution < -0.4 is 10.1 Å². The minimum absolute atomic E-state index is 0.0169. The molecule has 13 heteroatoms. The predicted molar refractivity (Wildman–Crippen MR) is 137 cm³/mol. The molecule has 1 fully saturated rings. The van der Waals surface area contributed by atoms with E-state index in [2.05, 4.69) is 10.3 Å². The third-order valence-electron chi connectivity index (χ3n) is 6.24. The Labute approximate surface area is 225 Å². The number of amides is 3. The Hall–Kier alpha value is -4.42. The highest BCUT2D eigenvalue weighted by molar-refractivity contribution is 6.10. The highest BCUT2D eigenvalue weighted by Gasteiger charge is 2.33. The standard InChI is InChI=1S/C26H32N4O9/c1-5-39-26(35)30-14-12-29(13-15-30)24(33)18(10-11-19(31)36-2)28-23(32)21-22(37-3)20(25(34)38-4)16-8-6-7-9-17(16)27-21/h6-9,18H,5,10-15H2,1-4H3,(H,28,32). The number of methoxy groups -OCH3 is 3. The van der Waals surface area contributed by atoms with Gasteiger partial charge in [-0.1, -0.05) is 18.2 Å². The number of hydrogen-bond acceptors (Lipinski definition) is 10. The van der Waals surface area contributed by atoms with Crippen LogP contribution in [0.3, 0.4) is 0 Å². The summed E-state index contributed by atoms with van der Waals surface area (Å²) in [7, 11) is 3.72. The zero-order chi connectivity index (χ0) is 28.5. The molecule has 1 N–H and O–H groups in total. The van der Waals surface area contributed by atoms with Crippen molar-refractivity contribution < 1.29 is 42.9 Å². The first-order valence-electron chi connectivity index (χ1n) is 12.4. The fraction of sp³-hybridized carbons (Fsp3) is 0.462. The minimum atomic E-state index is -1.12. The molecule has 1 aromatic carbocycles. The molecule has 0 radical (unpaired) electrons. The first-order valence-corrected chi connectivity index (χ1v) is 12.4. The van der Waals surface area contributed by atoms with Crippen LogP contribution in [0, 0.1) is 0 Å². The summed E-state index contributed by atoms with van der Waals surface area (Å²) in [6.45, 7) is 2.89. The normalized spacial score (nSPS) is 13.8. The zero-order valence-electron chi connectivity index (χ0n) is 22.4. The van der Waals surface area contributed by atoms with E-state index in [0.29, 0.717) is 10.9 Å². The van der Waals surface area contributed by atoms with Crippen molar-refractivity contribution in [3.63, 3.8) is 0 Å². The Bertz CT molecular complexity index is 1240. The molecule has 0 aliphatic carbocycles. The van der Waals surface area contributed by atoms with Gasteiger partial charge in [-0.05, 0) is 19.4 Å². The van der Waals surface area contributed by atoms with Gasteiger partial charge in [0, 0.05) is 38.0 Å². The summed E-state index contributed by atoms with van der Waals surface area (Å²) in [5.41, 5.74) is 0.138. The third kappa shape index (κ3) is 6.72. The van der Waals surface area contributed by atoms with E-state index in [1.54, 1.807) is 31.2 Å². The summed E-state index contributed by atoms with van der Waals surface area (Å²) < 4.78 is 20.0. The number of ether oxygens (including phenoxy) is 4. The highest BCUT2D eigenvalue weighted by Crippen LogP contribution is 2.31. The van der Waals surface area contributed by atoms with Crippen LogP contribution in [0.4, 0.5) is 4.79 Å². The molecular formula is C26H32N4O9. The molecule has 210 valence electrons. The van der Waals surface area contributed by atoms with Crippen molar-refractivity contribution in [1.29, 1.82) is 0 Å². The number of carbonyl (C=O) groups is 5. The van der Waals surface area contributed by atoms with E-state index in [1.165, 1.54) is 31.1 Å². The van der Waals surface area contributed by atoms with Crippen LogP contribution in [0.5, 0.6) is 5.75 Å². The lowest BCUT2D eigenvalue weighted by molar-refractivity contribution is -0.141. The molecule has 1 atom stereocenters. The van der Waals surface area contributed by atoms with Crippen molar-refractivity contribution >= 4 is 40.7 Å². The lowest BCUT2D eigenvalue weighted by Crippen LogP contribution is -2.56. The number of nitrogens with one attached hydrogen (secondary N) is 1. The van der Waals surface area contributed by atoms with Gasteiger partial charge in [-0.25, -0.2) is 14.6 Å². The summed E-state index contributed by atoms with van der Waals surface area (Å²) in [6, 6.07) is 5.56. The molecule has 39 heavy (non-hydrogen) atoms. The minimum Gasteiger partial charge on any atom is -0.493 e. The molecular weight excluding hydrogens is 512 g/mol. The first-order chi connectivity index (χ1) is 18.7. The van der Waals surface area contributed by atoms with E-state index in [0.717, 1.165) is 0 Å². The molecule has 3 amide bonds. The topological polar surface area (TPSA) is 154 Å². The number of carbonyl (C=O) groups excluding carboxylic acids is 5. The molecule has 2 aromatic rings. The Morgan fingerprint density at radius 2 is 1.64 bits per heavy atom. The smallest absolute Gasteiger partial charge is 0.409 e. The van der Waals surface area contributed by atoms with Gasteiger partial charge in [-0.15, -0.1) is 0 Å². The maximum atomic E-state index is 13.5. The number of esters is 2. The van der Waals surface area contributed by atoms with Gasteiger partial charge in [0.2, 0.25) is 5.91 Å². The molecule has 3 rings (SSSR count). The Morgan fingerprint density at radius 3 is 2.26 bits per heavy atom. The van der Waals surface area contributed by atoms with Gasteiger partial charge in [0.25, 0.3) is 5.91 Å². The van der Waals surface area contributed by atoms with Crippen molar-refractivity contribution in [2.45, 2.75) is 25.8 Å². The van der Waals surface area contributed by atoms with Gasteiger partial charge in [0.1, 0.15) is 11.6 Å². The second kappa shape index (κ2) is 13.4. The number of pyridine rings is 1. The highest BCUT2D eigenvalue weighted by atomic mass is 16.6. The third-order valence-corrected chi connectivity index (χ3v) is 6.24. The van der Waals surface area contributed by atoms with E-state index in [-0.39, 0.29) is 62.6 Å². The second-order valence-corrected chi connectivity index (χ2v) is 8.53. The van der Waals surface area contributed by atoms with Crippen LogP contribution in [-0.2, 0) is 23.8 Å². The van der Waals surface area contributed by atoms with Crippen LogP contribution in [0.1, 0.15) is 40.6 Å². The number of fused-ring (bicyclic) bond motifs is 1. The van der Waals surface area contributed by atoms with Gasteiger partial charge in [0.15, 0.2) is 11.4 Å². The predicted octanol–water partition coefficient (Wildman–Crippen LogP) is 1.38. The molecule has 1 aromatic heterocycles. The molecule has 0 bridgehead atoms. The van der Waals surface area contributed by atoms with Crippen LogP contribution in [-0.4, -0.2) is 105 Å². The molecule has 0 saturated carbocycles. The Balaban J connectivity index is 1.89. The molecule has 1 aliphatic rings. The second-order valence-electron chi connectivity index (χ2n) is 8.53. The van der Waals surface area contributed by atoms with E-state index in [9.17, 15) is 24.0 Å². The lowest BCUT2D eigenvalue weighted by Gasteiger charge is -2.36. The average molecular weight is 545 g/mol. The van der Waals surface area contributed by atoms with E-state index < -0.39 is 35.9 Å². The number of rotatable bonds is 9. The van der Waals surface area contributed by atoms with E-state index >= 15 is 0 Å². The largest absolute Gasteiger partial charge is 0.493 e. The number of piperazine rings is 1. The SMILES string of the molecule is CCOC(=O)N1CCN(C(=O)C(CCC(=O)OC)NC(=O)c2nc3ccccc3c(C(=O)OC)c2OC)CC1. The molecule has 13 nitrogen and oxygen atoms in total. The molecule has 1 aliphatic heterocycles. The number of benzene rings is 1. The lowest BCUT2D eigenvalue weighted by atomic mass is 10.0. The van der Waals surface area contributed by atoms with Crippen molar-refractivity contribution in [3.05, 3.63) is 35.5 Å². The van der Waals surface area contributed by atoms with Gasteiger partial charge in [0.05, 0.1) is 33.5 Å². The maximum Gasteiger partial charge on any atom is 0.409 e. The number of para-hydroxylation sites is 1. The van der Waals surface area contributed by atoms with Crippen molar-refractivity contribution in [2.75, 3.05) is 54.1 Å². The number of nitrogens with zero attached hydrogens (tertiary/aromatic N) is 3. The Morgan fingerprint density at radius 1 is 0.974 bits per heavy atom. The summed E-state index contributed by atoms with van der Waals surface area (Å²) >= 11 is 0. The molecule has 1 unspecified atom stereocenters. The monoisotopic (exact) mass is 544 g/mol. The van der Waals surface area contributed by atoms with Crippen molar-refractivity contribution in [3.8, 4) is 5.75 Å². The first kappa shape index (κ1) is 29.1. The fourth-order valence-electron chi connectivity index (χ4n) is 4.24. The molecule has 0 spiro atoms. The van der Waals surface area contributed by atoms with Crippen molar-refractivity contribution in [2.24, 2.45) is 0 Å². The zero-order valence-corrected chi connectivity index (χ0v) is 22.4. The fourth-order valence-corrected chi connectivity index (χ4v) is 4.24. The van der Waals surface area contributed by atoms with Gasteiger partial charge >= 0.3 is 18.0 Å². The van der Waals surface area contributed by atoms with Gasteiger partial charge < -0.3 is 34.1 Å². The summed E-state index contributed by atoms with van der Waals surface area (Å²) in [5, 5.41) is 3.08. The summed E-state index contributed by atoms with van der Waals surface area (Å²) in [4.78, 5) is 70.8. The van der Waals surface area contributed by atoms with E-state index in [1.807, 2.05) is 0 Å². The van der Waals surface area contributed by atoms with Crippen molar-refractivity contribution in [1.82, 2.24) is 20.1 Å². The summed E-state index contributed by atoms with van der Waals surface area (Å²) in [5.74, 6) is -2.61. The maximum absolute atomic E-state index is 13.5. The van der Waals surface area contributed by atoms with Gasteiger partial charge in [-0.3, -0.25) is 14.4 Å². The average Bonchev–Trinajstić information content (AvgIpc) is 2.97.